The van der Waals surface area contributed by atoms with Gasteiger partial charge >= 0.3 is 12.0 Å². The molecule has 0 aromatic carbocycles. The van der Waals surface area contributed by atoms with Crippen molar-refractivity contribution in [3.63, 3.8) is 0 Å². The Hall–Kier alpha value is -1.26. The highest BCUT2D eigenvalue weighted by Crippen LogP contribution is 2.32. The van der Waals surface area contributed by atoms with Crippen LogP contribution in [-0.2, 0) is 4.79 Å². The molecule has 1 fully saturated rings. The summed E-state index contributed by atoms with van der Waals surface area (Å²) in [5.74, 6) is 0.218. The molecular formula is C15H28N2O3. The van der Waals surface area contributed by atoms with Crippen LogP contribution in [0.15, 0.2) is 0 Å². The van der Waals surface area contributed by atoms with E-state index in [1.807, 2.05) is 0 Å². The van der Waals surface area contributed by atoms with E-state index in [0.29, 0.717) is 24.8 Å². The van der Waals surface area contributed by atoms with Gasteiger partial charge in [0.2, 0.25) is 0 Å². The second-order valence-electron chi connectivity index (χ2n) is 6.86. The van der Waals surface area contributed by atoms with Crippen LogP contribution in [0, 0.1) is 17.3 Å². The number of aliphatic carboxylic acids is 1. The number of amides is 2. The van der Waals surface area contributed by atoms with Gasteiger partial charge in [0.25, 0.3) is 0 Å². The molecular weight excluding hydrogens is 256 g/mol. The summed E-state index contributed by atoms with van der Waals surface area (Å²) in [6.07, 6.45) is 4.11. The van der Waals surface area contributed by atoms with Gasteiger partial charge in [0.05, 0.1) is 0 Å². The van der Waals surface area contributed by atoms with Crippen LogP contribution >= 0.6 is 0 Å². The van der Waals surface area contributed by atoms with Gasteiger partial charge < -0.3 is 15.7 Å². The molecule has 2 amide bonds. The van der Waals surface area contributed by atoms with Crippen molar-refractivity contribution in [3.8, 4) is 0 Å². The van der Waals surface area contributed by atoms with Gasteiger partial charge in [-0.2, -0.15) is 0 Å². The summed E-state index contributed by atoms with van der Waals surface area (Å²) in [6.45, 7) is 7.72. The van der Waals surface area contributed by atoms with Gasteiger partial charge in [0, 0.05) is 19.5 Å². The molecule has 0 bridgehead atoms. The topological polar surface area (TPSA) is 78.4 Å². The van der Waals surface area contributed by atoms with Crippen LogP contribution in [-0.4, -0.2) is 30.2 Å². The summed E-state index contributed by atoms with van der Waals surface area (Å²) in [5, 5.41) is 14.5. The molecule has 5 heteroatoms. The minimum Gasteiger partial charge on any atom is -0.481 e. The molecule has 3 N–H and O–H groups in total. The predicted molar refractivity (Wildman–Crippen MR) is 78.6 cm³/mol. The highest BCUT2D eigenvalue weighted by molar-refractivity contribution is 5.73. The van der Waals surface area contributed by atoms with Crippen molar-refractivity contribution >= 4 is 12.0 Å². The highest BCUT2D eigenvalue weighted by atomic mass is 16.4. The van der Waals surface area contributed by atoms with Crippen molar-refractivity contribution in [2.75, 3.05) is 13.1 Å². The van der Waals surface area contributed by atoms with Crippen molar-refractivity contribution < 1.29 is 14.7 Å². The van der Waals surface area contributed by atoms with E-state index < -0.39 is 5.97 Å². The van der Waals surface area contributed by atoms with E-state index >= 15 is 0 Å². The lowest BCUT2D eigenvalue weighted by Gasteiger charge is -2.30. The third kappa shape index (κ3) is 7.36. The zero-order chi connectivity index (χ0) is 15.2. The Labute approximate surface area is 121 Å². The van der Waals surface area contributed by atoms with Crippen LogP contribution in [0.4, 0.5) is 4.79 Å². The quantitative estimate of drug-likeness (QED) is 0.641. The van der Waals surface area contributed by atoms with Gasteiger partial charge in [-0.05, 0) is 42.9 Å². The Morgan fingerprint density at radius 3 is 2.35 bits per heavy atom. The summed E-state index contributed by atoms with van der Waals surface area (Å²) in [5.41, 5.74) is 0.0572. The first-order valence-electron chi connectivity index (χ1n) is 7.52. The summed E-state index contributed by atoms with van der Waals surface area (Å²) in [4.78, 5) is 22.2. The van der Waals surface area contributed by atoms with Crippen molar-refractivity contribution in [2.24, 2.45) is 17.3 Å². The largest absolute Gasteiger partial charge is 0.481 e. The zero-order valence-electron chi connectivity index (χ0n) is 12.9. The first kappa shape index (κ1) is 16.8. The molecule has 5 nitrogen and oxygen atoms in total. The molecule has 1 aliphatic carbocycles. The standard InChI is InChI=1S/C15H28N2O3/c1-15(2,3)12(6-7-13(18)19)8-9-16-14(20)17-10-11-4-5-11/h11-12H,4-10H2,1-3H3,(H,18,19)(H2,16,17,20). The van der Waals surface area contributed by atoms with Crippen LogP contribution in [0.2, 0.25) is 0 Å². The average Bonchev–Trinajstić information content (AvgIpc) is 3.12. The third-order valence-corrected chi connectivity index (χ3v) is 3.96. The fourth-order valence-electron chi connectivity index (χ4n) is 2.29. The predicted octanol–water partition coefficient (Wildman–Crippen LogP) is 2.61. The minimum atomic E-state index is -0.755. The molecule has 0 aromatic heterocycles. The second kappa shape index (κ2) is 7.50. The van der Waals surface area contributed by atoms with E-state index in [1.165, 1.54) is 12.8 Å². The Bertz CT molecular complexity index is 333. The van der Waals surface area contributed by atoms with Gasteiger partial charge in [-0.25, -0.2) is 4.79 Å². The molecule has 0 radical (unpaired) electrons. The number of rotatable bonds is 8. The van der Waals surface area contributed by atoms with E-state index in [0.717, 1.165) is 13.0 Å². The van der Waals surface area contributed by atoms with Crippen molar-refractivity contribution in [1.82, 2.24) is 10.6 Å². The number of carboxylic acids is 1. The van der Waals surface area contributed by atoms with Crippen LogP contribution in [0.25, 0.3) is 0 Å². The molecule has 0 aromatic rings. The maximum atomic E-state index is 11.6. The number of carboxylic acid groups (broad SMARTS) is 1. The fraction of sp³-hybridized carbons (Fsp3) is 0.867. The first-order valence-corrected chi connectivity index (χ1v) is 7.52. The van der Waals surface area contributed by atoms with E-state index in [-0.39, 0.29) is 17.9 Å². The smallest absolute Gasteiger partial charge is 0.314 e. The number of nitrogens with one attached hydrogen (secondary N) is 2. The molecule has 20 heavy (non-hydrogen) atoms. The number of carbonyl (C=O) groups is 2. The Morgan fingerprint density at radius 1 is 1.20 bits per heavy atom. The monoisotopic (exact) mass is 284 g/mol. The fourth-order valence-corrected chi connectivity index (χ4v) is 2.29. The van der Waals surface area contributed by atoms with E-state index in [4.69, 9.17) is 5.11 Å². The summed E-state index contributed by atoms with van der Waals surface area (Å²) < 4.78 is 0. The summed E-state index contributed by atoms with van der Waals surface area (Å²) in [6, 6.07) is -0.109. The molecule has 0 heterocycles. The van der Waals surface area contributed by atoms with Crippen molar-refractivity contribution in [3.05, 3.63) is 0 Å². The Balaban J connectivity index is 2.22. The maximum absolute atomic E-state index is 11.6. The van der Waals surface area contributed by atoms with Gasteiger partial charge in [0.15, 0.2) is 0 Å². The molecule has 1 rings (SSSR count). The minimum absolute atomic E-state index is 0.0572. The molecule has 0 aliphatic heterocycles. The van der Waals surface area contributed by atoms with E-state index in [2.05, 4.69) is 31.4 Å². The number of hydrogen-bond acceptors (Lipinski definition) is 2. The van der Waals surface area contributed by atoms with E-state index in [1.54, 1.807) is 0 Å². The molecule has 0 spiro atoms. The van der Waals surface area contributed by atoms with Crippen molar-refractivity contribution in [1.29, 1.82) is 0 Å². The normalized spacial score (nSPS) is 16.6. The highest BCUT2D eigenvalue weighted by Gasteiger charge is 2.25. The zero-order valence-corrected chi connectivity index (χ0v) is 12.9. The van der Waals surface area contributed by atoms with Gasteiger partial charge in [-0.3, -0.25) is 4.79 Å². The summed E-state index contributed by atoms with van der Waals surface area (Å²) >= 11 is 0. The lowest BCUT2D eigenvalue weighted by atomic mass is 9.76. The van der Waals surface area contributed by atoms with Crippen molar-refractivity contribution in [2.45, 2.75) is 52.9 Å². The number of carbonyl (C=O) groups excluding carboxylic acids is 1. The molecule has 116 valence electrons. The lowest BCUT2D eigenvalue weighted by Crippen LogP contribution is -2.38. The van der Waals surface area contributed by atoms with Crippen LogP contribution in [0.3, 0.4) is 0 Å². The third-order valence-electron chi connectivity index (χ3n) is 3.96. The maximum Gasteiger partial charge on any atom is 0.314 e. The second-order valence-corrected chi connectivity index (χ2v) is 6.86. The van der Waals surface area contributed by atoms with Crippen LogP contribution < -0.4 is 10.6 Å². The van der Waals surface area contributed by atoms with E-state index in [9.17, 15) is 9.59 Å². The van der Waals surface area contributed by atoms with Crippen LogP contribution in [0.1, 0.15) is 52.9 Å². The average molecular weight is 284 g/mol. The number of urea groups is 1. The van der Waals surface area contributed by atoms with Gasteiger partial charge in [-0.1, -0.05) is 20.8 Å². The molecule has 1 saturated carbocycles. The molecule has 1 unspecified atom stereocenters. The Kier molecular flexibility index (Phi) is 6.30. The molecule has 1 atom stereocenters. The van der Waals surface area contributed by atoms with Crippen LogP contribution in [0.5, 0.6) is 0 Å². The summed E-state index contributed by atoms with van der Waals surface area (Å²) in [7, 11) is 0. The SMILES string of the molecule is CC(C)(C)C(CCNC(=O)NCC1CC1)CCC(=O)O. The number of hydrogen-bond donors (Lipinski definition) is 3. The van der Waals surface area contributed by atoms with Gasteiger partial charge in [-0.15, -0.1) is 0 Å². The first-order chi connectivity index (χ1) is 9.29. The lowest BCUT2D eigenvalue weighted by molar-refractivity contribution is -0.137. The molecule has 1 aliphatic rings. The Morgan fingerprint density at radius 2 is 1.85 bits per heavy atom. The van der Waals surface area contributed by atoms with Gasteiger partial charge in [0.1, 0.15) is 0 Å². The molecule has 0 saturated heterocycles.